The minimum atomic E-state index is -2.86. The van der Waals surface area contributed by atoms with E-state index in [1.807, 2.05) is 0 Å². The van der Waals surface area contributed by atoms with E-state index in [0.717, 1.165) is 5.69 Å². The lowest BCUT2D eigenvalue weighted by Crippen LogP contribution is -2.32. The van der Waals surface area contributed by atoms with Gasteiger partial charge in [-0.3, -0.25) is 0 Å². The number of hydrogen-bond acceptors (Lipinski definition) is 5. The maximum atomic E-state index is 11.4. The molecule has 1 aliphatic heterocycles. The summed E-state index contributed by atoms with van der Waals surface area (Å²) in [6, 6.07) is 3.56. The van der Waals surface area contributed by atoms with Gasteiger partial charge < -0.3 is 14.8 Å². The Morgan fingerprint density at radius 3 is 2.25 bits per heavy atom. The molecule has 0 atom stereocenters. The third-order valence-electron chi connectivity index (χ3n) is 3.39. The van der Waals surface area contributed by atoms with Crippen molar-refractivity contribution >= 4 is 27.1 Å². The van der Waals surface area contributed by atoms with Crippen LogP contribution in [0.3, 0.4) is 0 Å². The molecule has 1 fully saturated rings. The van der Waals surface area contributed by atoms with Crippen molar-refractivity contribution in [1.29, 1.82) is 0 Å². The second-order valence-electron chi connectivity index (χ2n) is 4.76. The first-order chi connectivity index (χ1) is 9.45. The number of halogens is 1. The van der Waals surface area contributed by atoms with Crippen LogP contribution in [0.1, 0.15) is 12.8 Å². The molecule has 1 aromatic carbocycles. The molecule has 2 rings (SSSR count). The summed E-state index contributed by atoms with van der Waals surface area (Å²) in [5, 5.41) is 3.81. The van der Waals surface area contributed by atoms with Gasteiger partial charge >= 0.3 is 0 Å². The van der Waals surface area contributed by atoms with E-state index in [9.17, 15) is 8.42 Å². The summed E-state index contributed by atoms with van der Waals surface area (Å²) in [6.07, 6.45) is 1.18. The van der Waals surface area contributed by atoms with Gasteiger partial charge in [-0.15, -0.1) is 0 Å². The zero-order chi connectivity index (χ0) is 14.8. The monoisotopic (exact) mass is 319 g/mol. The van der Waals surface area contributed by atoms with Crippen LogP contribution in [0.4, 0.5) is 5.69 Å². The molecule has 1 aromatic rings. The first kappa shape index (κ1) is 15.3. The predicted molar refractivity (Wildman–Crippen MR) is 79.9 cm³/mol. The normalized spacial score (nSPS) is 18.6. The lowest BCUT2D eigenvalue weighted by atomic mass is 10.1. The second-order valence-corrected chi connectivity index (χ2v) is 7.47. The smallest absolute Gasteiger partial charge is 0.162 e. The van der Waals surface area contributed by atoms with Gasteiger partial charge in [-0.2, -0.15) is 0 Å². The van der Waals surface area contributed by atoms with E-state index in [1.165, 1.54) is 0 Å². The van der Waals surface area contributed by atoms with Gasteiger partial charge in [-0.25, -0.2) is 8.42 Å². The highest BCUT2D eigenvalue weighted by atomic mass is 35.5. The molecule has 0 bridgehead atoms. The molecule has 0 amide bonds. The lowest BCUT2D eigenvalue weighted by Gasteiger charge is -2.25. The van der Waals surface area contributed by atoms with Gasteiger partial charge in [0, 0.05) is 18.2 Å². The molecule has 1 N–H and O–H groups in total. The molecule has 0 aromatic heterocycles. The summed E-state index contributed by atoms with van der Waals surface area (Å²) < 4.78 is 33.2. The molecular formula is C13H18ClNO4S. The molecule has 0 aliphatic carbocycles. The van der Waals surface area contributed by atoms with E-state index in [4.69, 9.17) is 21.1 Å². The Morgan fingerprint density at radius 1 is 1.15 bits per heavy atom. The molecule has 20 heavy (non-hydrogen) atoms. The van der Waals surface area contributed by atoms with Crippen molar-refractivity contribution in [3.05, 3.63) is 17.2 Å². The fraction of sp³-hybridized carbons (Fsp3) is 0.538. The second kappa shape index (κ2) is 6.10. The fourth-order valence-electron chi connectivity index (χ4n) is 2.22. The molecule has 0 saturated carbocycles. The number of benzene rings is 1. The molecule has 1 heterocycles. The first-order valence-electron chi connectivity index (χ1n) is 6.33. The average molecular weight is 320 g/mol. The highest BCUT2D eigenvalue weighted by Gasteiger charge is 2.24. The van der Waals surface area contributed by atoms with Crippen LogP contribution < -0.4 is 14.8 Å². The molecule has 0 unspecified atom stereocenters. The van der Waals surface area contributed by atoms with E-state index in [-0.39, 0.29) is 17.5 Å². The van der Waals surface area contributed by atoms with Crippen molar-refractivity contribution in [2.24, 2.45) is 0 Å². The molecular weight excluding hydrogens is 302 g/mol. The molecule has 1 saturated heterocycles. The van der Waals surface area contributed by atoms with E-state index < -0.39 is 9.84 Å². The maximum absolute atomic E-state index is 11.4. The number of methoxy groups -OCH3 is 2. The van der Waals surface area contributed by atoms with Crippen LogP contribution in [-0.4, -0.2) is 40.2 Å². The van der Waals surface area contributed by atoms with Gasteiger partial charge in [0.25, 0.3) is 0 Å². The van der Waals surface area contributed by atoms with E-state index in [2.05, 4.69) is 5.32 Å². The van der Waals surface area contributed by atoms with Crippen molar-refractivity contribution in [1.82, 2.24) is 0 Å². The Bertz CT molecular complexity index is 574. The Hall–Kier alpha value is -1.14. The van der Waals surface area contributed by atoms with Gasteiger partial charge in [0.05, 0.1) is 36.4 Å². The Morgan fingerprint density at radius 2 is 1.70 bits per heavy atom. The molecule has 1 aliphatic rings. The zero-order valence-electron chi connectivity index (χ0n) is 11.5. The van der Waals surface area contributed by atoms with Crippen LogP contribution in [-0.2, 0) is 9.84 Å². The third kappa shape index (κ3) is 3.49. The lowest BCUT2D eigenvalue weighted by molar-refractivity contribution is 0.355. The average Bonchev–Trinajstić information content (AvgIpc) is 2.42. The van der Waals surface area contributed by atoms with E-state index in [1.54, 1.807) is 26.4 Å². The van der Waals surface area contributed by atoms with Gasteiger partial charge in [0.1, 0.15) is 9.84 Å². The maximum Gasteiger partial charge on any atom is 0.162 e. The van der Waals surface area contributed by atoms with Crippen LogP contribution in [0.5, 0.6) is 11.5 Å². The van der Waals surface area contributed by atoms with Crippen LogP contribution in [0.2, 0.25) is 5.02 Å². The first-order valence-corrected chi connectivity index (χ1v) is 8.53. The van der Waals surface area contributed by atoms with E-state index in [0.29, 0.717) is 29.4 Å². The minimum Gasteiger partial charge on any atom is -0.493 e. The molecule has 0 radical (unpaired) electrons. The van der Waals surface area contributed by atoms with Crippen LogP contribution >= 0.6 is 11.6 Å². The third-order valence-corrected chi connectivity index (χ3v) is 5.42. The number of nitrogens with one attached hydrogen (secondary N) is 1. The van der Waals surface area contributed by atoms with Crippen LogP contribution in [0.25, 0.3) is 0 Å². The van der Waals surface area contributed by atoms with Crippen molar-refractivity contribution in [3.8, 4) is 11.5 Å². The largest absolute Gasteiger partial charge is 0.493 e. The Labute approximate surface area is 124 Å². The fourth-order valence-corrected chi connectivity index (χ4v) is 3.92. The number of ether oxygens (including phenoxy) is 2. The Kier molecular flexibility index (Phi) is 4.65. The summed E-state index contributed by atoms with van der Waals surface area (Å²) in [7, 11) is 0.248. The number of hydrogen-bond donors (Lipinski definition) is 1. The summed E-state index contributed by atoms with van der Waals surface area (Å²) >= 11 is 6.20. The topological polar surface area (TPSA) is 64.6 Å². The number of anilines is 1. The highest BCUT2D eigenvalue weighted by Crippen LogP contribution is 2.36. The summed E-state index contributed by atoms with van der Waals surface area (Å²) in [5.41, 5.74) is 0.730. The van der Waals surface area contributed by atoms with Crippen LogP contribution in [0, 0.1) is 0 Å². The van der Waals surface area contributed by atoms with Gasteiger partial charge in [0.2, 0.25) is 0 Å². The SMILES string of the molecule is COc1cc(Cl)c(NC2CCS(=O)(=O)CC2)cc1OC. The van der Waals surface area contributed by atoms with Crippen molar-refractivity contribution in [2.45, 2.75) is 18.9 Å². The molecule has 0 spiro atoms. The summed E-state index contributed by atoms with van der Waals surface area (Å²) in [4.78, 5) is 0. The quantitative estimate of drug-likeness (QED) is 0.923. The van der Waals surface area contributed by atoms with Gasteiger partial charge in [0.15, 0.2) is 11.5 Å². The van der Waals surface area contributed by atoms with Crippen LogP contribution in [0.15, 0.2) is 12.1 Å². The van der Waals surface area contributed by atoms with Gasteiger partial charge in [-0.05, 0) is 12.8 Å². The Balaban J connectivity index is 2.14. The molecule has 5 nitrogen and oxygen atoms in total. The standard InChI is InChI=1S/C13H18ClNO4S/c1-18-12-7-10(14)11(8-13(12)19-2)15-9-3-5-20(16,17)6-4-9/h7-9,15H,3-6H2,1-2H3. The van der Waals surface area contributed by atoms with Gasteiger partial charge in [-0.1, -0.05) is 11.6 Å². The predicted octanol–water partition coefficient (Wildman–Crippen LogP) is 2.35. The van der Waals surface area contributed by atoms with E-state index >= 15 is 0 Å². The molecule has 7 heteroatoms. The van der Waals surface area contributed by atoms with Crippen molar-refractivity contribution in [2.75, 3.05) is 31.0 Å². The van der Waals surface area contributed by atoms with Crippen molar-refractivity contribution < 1.29 is 17.9 Å². The number of sulfone groups is 1. The minimum absolute atomic E-state index is 0.106. The summed E-state index contributed by atoms with van der Waals surface area (Å²) in [5.74, 6) is 1.59. The van der Waals surface area contributed by atoms with Crippen molar-refractivity contribution in [3.63, 3.8) is 0 Å². The number of rotatable bonds is 4. The zero-order valence-corrected chi connectivity index (χ0v) is 13.1. The summed E-state index contributed by atoms with van der Waals surface area (Å²) in [6.45, 7) is 0. The molecule has 112 valence electrons. The highest BCUT2D eigenvalue weighted by molar-refractivity contribution is 7.91.